The Hall–Kier alpha value is -9.05. The molecule has 0 aliphatic rings. The van der Waals surface area contributed by atoms with Gasteiger partial charge in [-0.15, -0.1) is 0 Å². The van der Waals surface area contributed by atoms with E-state index < -0.39 is 0 Å². The lowest BCUT2D eigenvalue weighted by atomic mass is 9.89. The highest BCUT2D eigenvalue weighted by molar-refractivity contribution is 6.15. The molecule has 14 rings (SSSR count). The first-order valence-corrected chi connectivity index (χ1v) is 23.4. The van der Waals surface area contributed by atoms with E-state index >= 15 is 0 Å². The minimum Gasteiger partial charge on any atom is -0.309 e. The fourth-order valence-electron chi connectivity index (χ4n) is 11.1. The van der Waals surface area contributed by atoms with Crippen LogP contribution in [0.2, 0.25) is 0 Å². The molecule has 0 bridgehead atoms. The van der Waals surface area contributed by atoms with Crippen molar-refractivity contribution in [2.24, 2.45) is 0 Å². The summed E-state index contributed by atoms with van der Waals surface area (Å²) < 4.78 is 4.89. The molecule has 0 N–H and O–H groups in total. The third-order valence-corrected chi connectivity index (χ3v) is 14.1. The predicted octanol–water partition coefficient (Wildman–Crippen LogP) is 17.4. The van der Waals surface area contributed by atoms with Crippen LogP contribution in [0.3, 0.4) is 0 Å². The molecule has 0 radical (unpaired) electrons. The molecule has 0 aliphatic carbocycles. The summed E-state index contributed by atoms with van der Waals surface area (Å²) in [6.45, 7) is 0. The SMILES string of the molecule is c1ccc(-c2cc(-c3cccc(-c4ccc(-c5cc(-n6c7ccccc7c7ccccc76)cc(-n6c7ccccc7c7ccccc76)c5)c5ccccc45)c3)c3c(ccc4ccccc43)n2)cc1. The van der Waals surface area contributed by atoms with Crippen molar-refractivity contribution in [1.29, 1.82) is 0 Å². The maximum atomic E-state index is 5.24. The van der Waals surface area contributed by atoms with Crippen molar-refractivity contribution in [2.45, 2.75) is 0 Å². The van der Waals surface area contributed by atoms with Gasteiger partial charge in [0.05, 0.1) is 33.3 Å². The van der Waals surface area contributed by atoms with Gasteiger partial charge in [0.15, 0.2) is 0 Å². The van der Waals surface area contributed by atoms with Crippen LogP contribution < -0.4 is 0 Å². The van der Waals surface area contributed by atoms with E-state index in [0.29, 0.717) is 0 Å². The minimum atomic E-state index is 0.965. The normalized spacial score (nSPS) is 11.8. The smallest absolute Gasteiger partial charge is 0.0722 e. The van der Waals surface area contributed by atoms with E-state index in [-0.39, 0.29) is 0 Å². The van der Waals surface area contributed by atoms with Gasteiger partial charge in [-0.1, -0.05) is 188 Å². The van der Waals surface area contributed by atoms with Gasteiger partial charge in [-0.05, 0) is 116 Å². The standard InChI is InChI=1S/C65H41N3/c1-2-18-43(19-3-1)60-41-58(65-51-22-5-4-17-42(51)33-36-59(65)66-60)45-21-16-20-44(37-45)49-34-35-50(53-24-7-6-23-52(49)53)46-38-47(67-61-29-12-8-25-54(61)55-26-9-13-30-62(55)67)40-48(39-46)68-63-31-14-10-27-56(63)57-28-11-15-32-64(57)68/h1-41H. The van der Waals surface area contributed by atoms with Crippen LogP contribution in [0.4, 0.5) is 0 Å². The topological polar surface area (TPSA) is 22.8 Å². The zero-order valence-electron chi connectivity index (χ0n) is 37.0. The Balaban J connectivity index is 0.989. The third-order valence-electron chi connectivity index (χ3n) is 14.1. The molecule has 3 heteroatoms. The monoisotopic (exact) mass is 863 g/mol. The third kappa shape index (κ3) is 5.96. The Bertz CT molecular complexity index is 4090. The first-order chi connectivity index (χ1) is 33.7. The van der Waals surface area contributed by atoms with Gasteiger partial charge < -0.3 is 9.13 Å². The lowest BCUT2D eigenvalue weighted by Crippen LogP contribution is -2.00. The van der Waals surface area contributed by atoms with E-state index in [0.717, 1.165) is 39.3 Å². The van der Waals surface area contributed by atoms with Gasteiger partial charge in [0, 0.05) is 43.9 Å². The van der Waals surface area contributed by atoms with E-state index in [1.807, 2.05) is 0 Å². The molecule has 3 heterocycles. The molecule has 11 aromatic carbocycles. The Labute approximate surface area is 393 Å². The number of pyridine rings is 1. The van der Waals surface area contributed by atoms with Crippen LogP contribution in [0, 0.1) is 0 Å². The average molecular weight is 864 g/mol. The second-order valence-corrected chi connectivity index (χ2v) is 17.9. The molecule has 68 heavy (non-hydrogen) atoms. The summed E-state index contributed by atoms with van der Waals surface area (Å²) in [6, 6.07) is 90.8. The van der Waals surface area contributed by atoms with Gasteiger partial charge in [0.1, 0.15) is 0 Å². The van der Waals surface area contributed by atoms with Crippen LogP contribution in [0.25, 0.3) is 132 Å². The molecular formula is C65H41N3. The van der Waals surface area contributed by atoms with Crippen molar-refractivity contribution in [3.63, 3.8) is 0 Å². The molecule has 3 nitrogen and oxygen atoms in total. The van der Waals surface area contributed by atoms with Crippen LogP contribution in [0.1, 0.15) is 0 Å². The molecule has 0 atom stereocenters. The fourth-order valence-corrected chi connectivity index (χ4v) is 11.1. The van der Waals surface area contributed by atoms with Crippen molar-refractivity contribution in [1.82, 2.24) is 14.1 Å². The van der Waals surface area contributed by atoms with Crippen LogP contribution in [0.15, 0.2) is 249 Å². The van der Waals surface area contributed by atoms with E-state index in [4.69, 9.17) is 4.98 Å². The maximum absolute atomic E-state index is 5.24. The summed E-state index contributed by atoms with van der Waals surface area (Å²) >= 11 is 0. The number of aromatic nitrogens is 3. The van der Waals surface area contributed by atoms with E-state index in [9.17, 15) is 0 Å². The zero-order chi connectivity index (χ0) is 44.7. The van der Waals surface area contributed by atoms with Crippen molar-refractivity contribution in [3.05, 3.63) is 249 Å². The molecule has 0 aliphatic heterocycles. The van der Waals surface area contributed by atoms with Crippen LogP contribution >= 0.6 is 0 Å². The molecule has 0 unspecified atom stereocenters. The van der Waals surface area contributed by atoms with Gasteiger partial charge in [0.2, 0.25) is 0 Å². The van der Waals surface area contributed by atoms with E-state index in [1.54, 1.807) is 0 Å². The molecular weight excluding hydrogens is 823 g/mol. The number of hydrogen-bond donors (Lipinski definition) is 0. The van der Waals surface area contributed by atoms with Gasteiger partial charge in [-0.2, -0.15) is 0 Å². The molecule has 316 valence electrons. The Morgan fingerprint density at radius 1 is 0.265 bits per heavy atom. The Morgan fingerprint density at radius 2 is 0.706 bits per heavy atom. The number of hydrogen-bond acceptors (Lipinski definition) is 1. The summed E-state index contributed by atoms with van der Waals surface area (Å²) in [6.07, 6.45) is 0. The highest BCUT2D eigenvalue weighted by atomic mass is 15.0. The highest BCUT2D eigenvalue weighted by Crippen LogP contribution is 2.43. The average Bonchev–Trinajstić information content (AvgIpc) is 3.93. The van der Waals surface area contributed by atoms with Crippen molar-refractivity contribution >= 4 is 76.1 Å². The van der Waals surface area contributed by atoms with Gasteiger partial charge in [-0.25, -0.2) is 4.98 Å². The van der Waals surface area contributed by atoms with Gasteiger partial charge in [0.25, 0.3) is 0 Å². The number of benzene rings is 11. The second-order valence-electron chi connectivity index (χ2n) is 17.9. The van der Waals surface area contributed by atoms with Gasteiger partial charge in [-0.3, -0.25) is 0 Å². The van der Waals surface area contributed by atoms with Crippen LogP contribution in [-0.2, 0) is 0 Å². The predicted molar refractivity (Wildman–Crippen MR) is 287 cm³/mol. The quantitative estimate of drug-likeness (QED) is 0.153. The molecule has 3 aromatic heterocycles. The first-order valence-electron chi connectivity index (χ1n) is 23.4. The molecule has 0 amide bonds. The van der Waals surface area contributed by atoms with E-state index in [2.05, 4.69) is 258 Å². The first kappa shape index (κ1) is 38.2. The maximum Gasteiger partial charge on any atom is 0.0722 e. The van der Waals surface area contributed by atoms with Gasteiger partial charge >= 0.3 is 0 Å². The van der Waals surface area contributed by atoms with Crippen molar-refractivity contribution < 1.29 is 0 Å². The number of para-hydroxylation sites is 4. The summed E-state index contributed by atoms with van der Waals surface area (Å²) in [7, 11) is 0. The van der Waals surface area contributed by atoms with Crippen molar-refractivity contribution in [2.75, 3.05) is 0 Å². The van der Waals surface area contributed by atoms with Crippen LogP contribution in [-0.4, -0.2) is 14.1 Å². The molecule has 0 saturated heterocycles. The number of rotatable bonds is 6. The van der Waals surface area contributed by atoms with Crippen LogP contribution in [0.5, 0.6) is 0 Å². The lowest BCUT2D eigenvalue weighted by molar-refractivity contribution is 1.13. The molecule has 14 aromatic rings. The lowest BCUT2D eigenvalue weighted by Gasteiger charge is -2.18. The Morgan fingerprint density at radius 3 is 1.26 bits per heavy atom. The van der Waals surface area contributed by atoms with E-state index in [1.165, 1.54) is 92.8 Å². The fraction of sp³-hybridized carbons (Fsp3) is 0. The number of nitrogens with zero attached hydrogens (tertiary/aromatic N) is 3. The second kappa shape index (κ2) is 15.3. The number of fused-ring (bicyclic) bond motifs is 10. The summed E-state index contributed by atoms with van der Waals surface area (Å²) in [5.74, 6) is 0. The molecule has 0 saturated carbocycles. The van der Waals surface area contributed by atoms with Crippen molar-refractivity contribution in [3.8, 4) is 56.0 Å². The Kier molecular flexibility index (Phi) is 8.59. The zero-order valence-corrected chi connectivity index (χ0v) is 37.0. The summed E-state index contributed by atoms with van der Waals surface area (Å²) in [5, 5.41) is 11.0. The highest BCUT2D eigenvalue weighted by Gasteiger charge is 2.20. The molecule has 0 fully saturated rings. The summed E-state index contributed by atoms with van der Waals surface area (Å²) in [5.41, 5.74) is 17.1. The summed E-state index contributed by atoms with van der Waals surface area (Å²) in [4.78, 5) is 5.24. The minimum absolute atomic E-state index is 0.965. The largest absolute Gasteiger partial charge is 0.309 e. The molecule has 0 spiro atoms.